The van der Waals surface area contributed by atoms with Crippen molar-refractivity contribution in [3.8, 4) is 0 Å². The number of benzene rings is 2. The van der Waals surface area contributed by atoms with Crippen LogP contribution in [0.3, 0.4) is 0 Å². The van der Waals surface area contributed by atoms with E-state index in [0.29, 0.717) is 19.0 Å². The van der Waals surface area contributed by atoms with Crippen molar-refractivity contribution < 1.29 is 14.7 Å². The van der Waals surface area contributed by atoms with Crippen LogP contribution >= 0.6 is 0 Å². The van der Waals surface area contributed by atoms with Crippen LogP contribution in [-0.4, -0.2) is 35.0 Å². The first kappa shape index (κ1) is 16.8. The Bertz CT molecular complexity index is 746. The van der Waals surface area contributed by atoms with Crippen LogP contribution in [0.5, 0.6) is 0 Å². The van der Waals surface area contributed by atoms with Gasteiger partial charge in [-0.1, -0.05) is 60.7 Å². The highest BCUT2D eigenvalue weighted by atomic mass is 16.4. The molecule has 2 aromatic carbocycles. The number of hydrogen-bond acceptors (Lipinski definition) is 2. The summed E-state index contributed by atoms with van der Waals surface area (Å²) in [5.41, 5.74) is 1.90. The zero-order valence-electron chi connectivity index (χ0n) is 14.6. The van der Waals surface area contributed by atoms with Crippen LogP contribution in [0.2, 0.25) is 0 Å². The molecule has 4 heteroatoms. The van der Waals surface area contributed by atoms with E-state index in [1.54, 1.807) is 4.90 Å². The molecule has 1 saturated heterocycles. The zero-order valence-corrected chi connectivity index (χ0v) is 14.6. The number of carboxylic acids is 1. The van der Waals surface area contributed by atoms with Crippen LogP contribution in [0.4, 0.5) is 0 Å². The maximum atomic E-state index is 13.4. The van der Waals surface area contributed by atoms with Gasteiger partial charge in [-0.3, -0.25) is 9.59 Å². The molecule has 0 bridgehead atoms. The van der Waals surface area contributed by atoms with Gasteiger partial charge in [-0.2, -0.15) is 0 Å². The number of aliphatic carboxylic acids is 1. The summed E-state index contributed by atoms with van der Waals surface area (Å²) < 4.78 is 0. The molecule has 26 heavy (non-hydrogen) atoms. The lowest BCUT2D eigenvalue weighted by atomic mass is 9.90. The molecule has 1 aliphatic carbocycles. The minimum absolute atomic E-state index is 0.0109. The molecule has 0 aromatic heterocycles. The molecule has 4 nitrogen and oxygen atoms in total. The topological polar surface area (TPSA) is 57.6 Å². The number of hydrogen-bond donors (Lipinski definition) is 1. The Balaban J connectivity index is 1.64. The van der Waals surface area contributed by atoms with Crippen molar-refractivity contribution in [2.24, 2.45) is 17.8 Å². The van der Waals surface area contributed by atoms with Gasteiger partial charge in [0.1, 0.15) is 0 Å². The highest BCUT2D eigenvalue weighted by molar-refractivity contribution is 5.88. The minimum Gasteiger partial charge on any atom is -0.481 e. The third kappa shape index (κ3) is 3.24. The number of rotatable bonds is 5. The summed E-state index contributed by atoms with van der Waals surface area (Å²) in [6.45, 7) is 0.891. The minimum atomic E-state index is -0.770. The lowest BCUT2D eigenvalue weighted by Crippen LogP contribution is -2.34. The van der Waals surface area contributed by atoms with Gasteiger partial charge in [0.25, 0.3) is 0 Å². The Morgan fingerprint density at radius 2 is 1.42 bits per heavy atom. The van der Waals surface area contributed by atoms with E-state index in [2.05, 4.69) is 0 Å². The van der Waals surface area contributed by atoms with E-state index >= 15 is 0 Å². The Hall–Kier alpha value is -2.62. The SMILES string of the molecule is O=C(O)[C@H]1CN(C(=O)C(c2ccccc2)c2ccccc2)C[C@@H]1C1CC1. The van der Waals surface area contributed by atoms with Gasteiger partial charge in [-0.25, -0.2) is 0 Å². The largest absolute Gasteiger partial charge is 0.481 e. The van der Waals surface area contributed by atoms with Gasteiger partial charge in [-0.05, 0) is 35.8 Å². The number of carbonyl (C=O) groups is 2. The van der Waals surface area contributed by atoms with Gasteiger partial charge in [-0.15, -0.1) is 0 Å². The average molecular weight is 349 g/mol. The third-order valence-electron chi connectivity index (χ3n) is 5.73. The van der Waals surface area contributed by atoms with Gasteiger partial charge < -0.3 is 10.0 Å². The molecule has 2 aliphatic rings. The second-order valence-corrected chi connectivity index (χ2v) is 7.44. The molecule has 1 aliphatic heterocycles. The molecular formula is C22H23NO3. The predicted octanol–water partition coefficient (Wildman–Crippen LogP) is 3.39. The van der Waals surface area contributed by atoms with E-state index in [-0.39, 0.29) is 17.7 Å². The highest BCUT2D eigenvalue weighted by Crippen LogP contribution is 2.44. The van der Waals surface area contributed by atoms with E-state index in [9.17, 15) is 14.7 Å². The normalized spacial score (nSPS) is 22.6. The monoisotopic (exact) mass is 349 g/mol. The first-order valence-electron chi connectivity index (χ1n) is 9.26. The molecule has 1 N–H and O–H groups in total. The quantitative estimate of drug-likeness (QED) is 0.900. The number of amides is 1. The standard InChI is InChI=1S/C22H23NO3/c24-21(23-13-18(15-11-12-15)19(14-23)22(25)26)20(16-7-3-1-4-8-16)17-9-5-2-6-10-17/h1-10,15,18-20H,11-14H2,(H,25,26)/t18-,19+/m1/s1. The van der Waals surface area contributed by atoms with Gasteiger partial charge in [0.05, 0.1) is 11.8 Å². The lowest BCUT2D eigenvalue weighted by Gasteiger charge is -2.24. The maximum Gasteiger partial charge on any atom is 0.308 e. The van der Waals surface area contributed by atoms with Crippen LogP contribution in [0.1, 0.15) is 29.9 Å². The van der Waals surface area contributed by atoms with Crippen molar-refractivity contribution in [1.82, 2.24) is 4.90 Å². The molecule has 4 rings (SSSR count). The van der Waals surface area contributed by atoms with Crippen molar-refractivity contribution in [2.75, 3.05) is 13.1 Å². The molecule has 1 saturated carbocycles. The van der Waals surface area contributed by atoms with Crippen LogP contribution in [0.15, 0.2) is 60.7 Å². The second-order valence-electron chi connectivity index (χ2n) is 7.44. The van der Waals surface area contributed by atoms with Crippen LogP contribution in [-0.2, 0) is 9.59 Å². The molecule has 134 valence electrons. The average Bonchev–Trinajstić information content (AvgIpc) is 3.41. The fraction of sp³-hybridized carbons (Fsp3) is 0.364. The van der Waals surface area contributed by atoms with Crippen molar-refractivity contribution in [3.63, 3.8) is 0 Å². The Morgan fingerprint density at radius 3 is 1.88 bits per heavy atom. The third-order valence-corrected chi connectivity index (χ3v) is 5.73. The summed E-state index contributed by atoms with van der Waals surface area (Å²) in [5.74, 6) is -1.00. The zero-order chi connectivity index (χ0) is 18.1. The molecule has 2 atom stereocenters. The van der Waals surface area contributed by atoms with E-state index in [1.165, 1.54) is 0 Å². The van der Waals surface area contributed by atoms with Crippen molar-refractivity contribution in [3.05, 3.63) is 71.8 Å². The maximum absolute atomic E-state index is 13.4. The number of carbonyl (C=O) groups excluding carboxylic acids is 1. The first-order valence-corrected chi connectivity index (χ1v) is 9.26. The molecule has 2 fully saturated rings. The van der Waals surface area contributed by atoms with Gasteiger partial charge >= 0.3 is 5.97 Å². The van der Waals surface area contributed by atoms with Gasteiger partial charge in [0.15, 0.2) is 0 Å². The molecule has 0 radical (unpaired) electrons. The molecule has 1 amide bonds. The summed E-state index contributed by atoms with van der Waals surface area (Å²) in [6, 6.07) is 19.5. The Morgan fingerprint density at radius 1 is 0.885 bits per heavy atom. The molecular weight excluding hydrogens is 326 g/mol. The Labute approximate surface area is 153 Å². The summed E-state index contributed by atoms with van der Waals surface area (Å²) in [5, 5.41) is 9.59. The van der Waals surface area contributed by atoms with Crippen LogP contribution in [0.25, 0.3) is 0 Å². The predicted molar refractivity (Wildman–Crippen MR) is 98.6 cm³/mol. The Kier molecular flexibility index (Phi) is 4.49. The van der Waals surface area contributed by atoms with E-state index in [1.807, 2.05) is 60.7 Å². The number of likely N-dealkylation sites (tertiary alicyclic amines) is 1. The van der Waals surface area contributed by atoms with Crippen molar-refractivity contribution in [2.45, 2.75) is 18.8 Å². The highest BCUT2D eigenvalue weighted by Gasteiger charge is 2.47. The van der Waals surface area contributed by atoms with Crippen LogP contribution in [0, 0.1) is 17.8 Å². The van der Waals surface area contributed by atoms with Gasteiger partial charge in [0, 0.05) is 13.1 Å². The fourth-order valence-corrected chi connectivity index (χ4v) is 4.22. The lowest BCUT2D eigenvalue weighted by molar-refractivity contribution is -0.142. The first-order chi connectivity index (χ1) is 12.6. The second kappa shape index (κ2) is 6.94. The molecule has 1 heterocycles. The van der Waals surface area contributed by atoms with E-state index in [0.717, 1.165) is 24.0 Å². The number of carboxylic acid groups (broad SMARTS) is 1. The summed E-state index contributed by atoms with van der Waals surface area (Å²) >= 11 is 0. The van der Waals surface area contributed by atoms with Crippen molar-refractivity contribution >= 4 is 11.9 Å². The van der Waals surface area contributed by atoms with Gasteiger partial charge in [0.2, 0.25) is 5.91 Å². The summed E-state index contributed by atoms with van der Waals surface area (Å²) in [6.07, 6.45) is 2.19. The smallest absolute Gasteiger partial charge is 0.308 e. The molecule has 0 spiro atoms. The van der Waals surface area contributed by atoms with Crippen LogP contribution < -0.4 is 0 Å². The number of nitrogens with zero attached hydrogens (tertiary/aromatic N) is 1. The van der Waals surface area contributed by atoms with E-state index in [4.69, 9.17) is 0 Å². The molecule has 2 aromatic rings. The summed E-state index contributed by atoms with van der Waals surface area (Å²) in [4.78, 5) is 26.9. The molecule has 0 unspecified atom stereocenters. The van der Waals surface area contributed by atoms with E-state index < -0.39 is 11.9 Å². The summed E-state index contributed by atoms with van der Waals surface area (Å²) in [7, 11) is 0. The van der Waals surface area contributed by atoms with Crippen molar-refractivity contribution in [1.29, 1.82) is 0 Å². The fourth-order valence-electron chi connectivity index (χ4n) is 4.22.